The van der Waals surface area contributed by atoms with Crippen LogP contribution in [-0.4, -0.2) is 41.3 Å². The highest BCUT2D eigenvalue weighted by Crippen LogP contribution is 2.74. The first-order chi connectivity index (χ1) is 20.6. The van der Waals surface area contributed by atoms with E-state index in [0.717, 1.165) is 44.1 Å². The van der Waals surface area contributed by atoms with E-state index in [1.807, 2.05) is 13.8 Å². The van der Waals surface area contributed by atoms with Gasteiger partial charge >= 0.3 is 11.9 Å². The summed E-state index contributed by atoms with van der Waals surface area (Å²) in [6.45, 7) is 16.8. The second-order valence-corrected chi connectivity index (χ2v) is 15.4. The number of esters is 2. The molecule has 0 aromatic heterocycles. The number of aliphatic hydroxyl groups excluding tert-OH is 1. The fraction of sp³-hybridized carbons (Fsp3) is 0.806. The van der Waals surface area contributed by atoms with Gasteiger partial charge < -0.3 is 14.6 Å². The Morgan fingerprint density at radius 1 is 1.05 bits per heavy atom. The van der Waals surface area contributed by atoms with Gasteiger partial charge in [-0.1, -0.05) is 52.7 Å². The molecule has 4 fully saturated rings. The number of ether oxygens (including phenoxy) is 2. The van der Waals surface area contributed by atoms with Gasteiger partial charge in [-0.05, 0) is 117 Å². The van der Waals surface area contributed by atoms with Gasteiger partial charge in [0.25, 0.3) is 5.91 Å². The minimum absolute atomic E-state index is 0.0315. The minimum atomic E-state index is -0.576. The lowest BCUT2D eigenvalue weighted by molar-refractivity contribution is -0.236. The Bertz CT molecular complexity index is 1180. The molecule has 4 saturated carbocycles. The molecule has 4 aliphatic carbocycles. The maximum absolute atomic E-state index is 13.3. The Morgan fingerprint density at radius 2 is 1.75 bits per heavy atom. The molecule has 0 aromatic rings. The van der Waals surface area contributed by atoms with Crippen LogP contribution in [0.5, 0.6) is 0 Å². The molecule has 4 N–H and O–H groups in total. The third kappa shape index (κ3) is 6.02. The third-order valence-corrected chi connectivity index (χ3v) is 12.7. The topological polar surface area (TPSA) is 128 Å². The van der Waals surface area contributed by atoms with Crippen LogP contribution >= 0.6 is 0 Å². The summed E-state index contributed by atoms with van der Waals surface area (Å²) < 4.78 is 12.0. The lowest BCUT2D eigenvalue weighted by Crippen LogP contribution is -2.65. The molecule has 1 unspecified atom stereocenters. The molecule has 1 amide bonds. The van der Waals surface area contributed by atoms with E-state index in [-0.39, 0.29) is 57.9 Å². The van der Waals surface area contributed by atoms with Crippen LogP contribution in [0, 0.1) is 39.9 Å². The average Bonchev–Trinajstić information content (AvgIpc) is 3.22. The number of fused-ring (bicyclic) bond motifs is 5. The maximum Gasteiger partial charge on any atom is 0.306 e. The van der Waals surface area contributed by atoms with E-state index < -0.39 is 12.2 Å². The molecular formula is C36H58N2O6. The summed E-state index contributed by atoms with van der Waals surface area (Å²) in [5.41, 5.74) is 4.27. The number of hydrogen-bond acceptors (Lipinski definition) is 7. The summed E-state index contributed by atoms with van der Waals surface area (Å²) >= 11 is 0. The zero-order valence-corrected chi connectivity index (χ0v) is 28.5. The average molecular weight is 615 g/mol. The number of nitrogens with two attached hydrogens (primary N) is 1. The van der Waals surface area contributed by atoms with Crippen molar-refractivity contribution in [2.75, 3.05) is 0 Å². The fourth-order valence-corrected chi connectivity index (χ4v) is 10.6. The van der Waals surface area contributed by atoms with Crippen molar-refractivity contribution in [3.63, 3.8) is 0 Å². The Kier molecular flexibility index (Phi) is 10.5. The first kappa shape index (κ1) is 34.7. The number of hydrazine groups is 1. The van der Waals surface area contributed by atoms with E-state index in [0.29, 0.717) is 43.6 Å². The molecule has 4 rings (SSSR count). The maximum atomic E-state index is 13.3. The first-order valence-electron chi connectivity index (χ1n) is 17.1. The van der Waals surface area contributed by atoms with Crippen LogP contribution in [0.15, 0.2) is 22.8 Å². The molecule has 4 aliphatic rings. The number of carbonyl (C=O) groups excluding carboxylic acids is 3. The fourth-order valence-electron chi connectivity index (χ4n) is 10.6. The van der Waals surface area contributed by atoms with Crippen LogP contribution in [0.4, 0.5) is 0 Å². The molecule has 0 aromatic carbocycles. The minimum Gasteiger partial charge on any atom is -0.462 e. The van der Waals surface area contributed by atoms with E-state index in [4.69, 9.17) is 15.3 Å². The number of amides is 1. The summed E-state index contributed by atoms with van der Waals surface area (Å²) in [7, 11) is 0. The molecule has 8 nitrogen and oxygen atoms in total. The van der Waals surface area contributed by atoms with Crippen molar-refractivity contribution in [1.29, 1.82) is 0 Å². The molecular weight excluding hydrogens is 556 g/mol. The van der Waals surface area contributed by atoms with Gasteiger partial charge in [-0.15, -0.1) is 0 Å². The Balaban J connectivity index is 1.72. The van der Waals surface area contributed by atoms with Crippen LogP contribution in [0.2, 0.25) is 0 Å². The second-order valence-electron chi connectivity index (χ2n) is 15.4. The molecule has 10 atom stereocenters. The molecule has 0 aliphatic heterocycles. The van der Waals surface area contributed by atoms with Crippen molar-refractivity contribution in [3.05, 3.63) is 22.8 Å². The normalized spacial score (nSPS) is 40.5. The van der Waals surface area contributed by atoms with E-state index >= 15 is 0 Å². The van der Waals surface area contributed by atoms with Crippen molar-refractivity contribution >= 4 is 17.8 Å². The Morgan fingerprint density at radius 3 is 2.36 bits per heavy atom. The highest BCUT2D eigenvalue weighted by Gasteiger charge is 2.71. The lowest BCUT2D eigenvalue weighted by atomic mass is 9.36. The second kappa shape index (κ2) is 13.3. The smallest absolute Gasteiger partial charge is 0.306 e. The van der Waals surface area contributed by atoms with Crippen LogP contribution in [-0.2, 0) is 23.9 Å². The molecule has 248 valence electrons. The van der Waals surface area contributed by atoms with E-state index in [1.54, 1.807) is 0 Å². The number of unbranched alkanes of at least 4 members (excludes halogenated alkanes) is 1. The van der Waals surface area contributed by atoms with E-state index in [2.05, 4.69) is 46.1 Å². The van der Waals surface area contributed by atoms with Crippen molar-refractivity contribution in [2.45, 2.75) is 144 Å². The molecule has 0 bridgehead atoms. The summed E-state index contributed by atoms with van der Waals surface area (Å²) in [4.78, 5) is 38.3. The van der Waals surface area contributed by atoms with Crippen LogP contribution in [0.1, 0.15) is 126 Å². The van der Waals surface area contributed by atoms with Crippen molar-refractivity contribution in [1.82, 2.24) is 5.43 Å². The van der Waals surface area contributed by atoms with Crippen molar-refractivity contribution < 1.29 is 29.0 Å². The Labute approximate surface area is 264 Å². The van der Waals surface area contributed by atoms with Crippen LogP contribution < -0.4 is 11.3 Å². The molecule has 0 saturated heterocycles. The predicted octanol–water partition coefficient (Wildman–Crippen LogP) is 6.31. The monoisotopic (exact) mass is 614 g/mol. The van der Waals surface area contributed by atoms with Gasteiger partial charge in [0, 0.05) is 18.9 Å². The zero-order valence-electron chi connectivity index (χ0n) is 28.5. The van der Waals surface area contributed by atoms with Gasteiger partial charge in [0.15, 0.2) is 0 Å². The van der Waals surface area contributed by atoms with Gasteiger partial charge in [-0.25, -0.2) is 5.84 Å². The van der Waals surface area contributed by atoms with E-state index in [9.17, 15) is 19.5 Å². The summed E-state index contributed by atoms with van der Waals surface area (Å²) in [5, 5.41) is 12.2. The van der Waals surface area contributed by atoms with E-state index in [1.165, 1.54) is 12.5 Å². The number of carbonyl (C=O) groups is 3. The van der Waals surface area contributed by atoms with Gasteiger partial charge in [-0.2, -0.15) is 0 Å². The number of rotatable bonds is 9. The lowest BCUT2D eigenvalue weighted by Gasteiger charge is -2.69. The predicted molar refractivity (Wildman–Crippen MR) is 171 cm³/mol. The number of hydrogen-bond donors (Lipinski definition) is 3. The zero-order chi connectivity index (χ0) is 32.6. The first-order valence-corrected chi connectivity index (χ1v) is 17.1. The molecule has 44 heavy (non-hydrogen) atoms. The van der Waals surface area contributed by atoms with Gasteiger partial charge in [0.1, 0.15) is 12.2 Å². The SMILES string of the molecule is CCCCC(=O)O[C@@H]1CC[C@]2(C)C3[C@H](O)C[C@H]4/C(=C(\CCC=C(C)C)C(=O)NN)[C@@H](OC(C)=O)C[C@]4(C)[C@@]3(C)CC[C@H]2[C@@H]1C. The van der Waals surface area contributed by atoms with Crippen molar-refractivity contribution in [2.24, 2.45) is 45.8 Å². The van der Waals surface area contributed by atoms with Crippen LogP contribution in [0.3, 0.4) is 0 Å². The Hall–Kier alpha value is -2.19. The standard InChI is InChI=1S/C36H58N2O6/c1-9-10-14-30(41)44-28-16-17-34(6)25(22(28)4)15-18-35(7)32(34)27(40)19-26-31(29(43-23(5)39)20-36(26,35)8)24(33(42)38-37)13-11-12-21(2)3/h12,22,25-29,32,40H,9-11,13-20,37H2,1-8H3,(H,38,42)/b31-24-/t22-,25-,26-,27+,28+,29-,32?,34-,35-,36-/m0/s1. The molecule has 0 radical (unpaired) electrons. The summed E-state index contributed by atoms with van der Waals surface area (Å²) in [5.74, 6) is 5.36. The van der Waals surface area contributed by atoms with Crippen LogP contribution in [0.25, 0.3) is 0 Å². The number of allylic oxidation sites excluding steroid dienone is 2. The highest BCUT2D eigenvalue weighted by molar-refractivity contribution is 5.94. The van der Waals surface area contributed by atoms with Gasteiger partial charge in [0.2, 0.25) is 0 Å². The number of aliphatic hydroxyl groups is 1. The third-order valence-electron chi connectivity index (χ3n) is 12.7. The van der Waals surface area contributed by atoms with Gasteiger partial charge in [-0.3, -0.25) is 19.8 Å². The van der Waals surface area contributed by atoms with Gasteiger partial charge in [0.05, 0.1) is 6.10 Å². The molecule has 0 heterocycles. The molecule has 0 spiro atoms. The summed E-state index contributed by atoms with van der Waals surface area (Å²) in [6.07, 6.45) is 9.08. The number of nitrogens with one attached hydrogen (secondary N) is 1. The molecule has 8 heteroatoms. The quantitative estimate of drug-likeness (QED) is 0.0693. The summed E-state index contributed by atoms with van der Waals surface area (Å²) in [6, 6.07) is 0. The van der Waals surface area contributed by atoms with Crippen molar-refractivity contribution in [3.8, 4) is 0 Å². The largest absolute Gasteiger partial charge is 0.462 e. The highest BCUT2D eigenvalue weighted by atomic mass is 16.5.